The number of methoxy groups -OCH3 is 1. The number of ether oxygens (including phenoxy) is 1. The number of fused-ring (bicyclic) bond motifs is 1. The van der Waals surface area contributed by atoms with Gasteiger partial charge in [0.05, 0.1) is 12.5 Å². The van der Waals surface area contributed by atoms with E-state index in [0.29, 0.717) is 19.3 Å². The third-order valence-electron chi connectivity index (χ3n) is 6.92. The lowest BCUT2D eigenvalue weighted by Gasteiger charge is -2.58. The van der Waals surface area contributed by atoms with Gasteiger partial charge in [-0.25, -0.2) is 0 Å². The van der Waals surface area contributed by atoms with Crippen LogP contribution >= 0.6 is 11.6 Å². The first kappa shape index (κ1) is 19.0. The minimum atomic E-state index is -1.41. The molecule has 1 spiro atoms. The van der Waals surface area contributed by atoms with Crippen molar-refractivity contribution >= 4 is 17.4 Å². The fourth-order valence-corrected chi connectivity index (χ4v) is 5.75. The Balaban J connectivity index is 1.72. The van der Waals surface area contributed by atoms with Gasteiger partial charge in [-0.1, -0.05) is 23.3 Å². The molecule has 2 bridgehead atoms. The summed E-state index contributed by atoms with van der Waals surface area (Å²) in [4.78, 5) is 15.1. The zero-order valence-electron chi connectivity index (χ0n) is 16.3. The second-order valence-electron chi connectivity index (χ2n) is 8.68. The molecule has 5 heteroatoms. The van der Waals surface area contributed by atoms with Crippen molar-refractivity contribution in [2.45, 2.75) is 68.5 Å². The number of rotatable bonds is 3. The minimum Gasteiger partial charge on any atom is -0.497 e. The van der Waals surface area contributed by atoms with Gasteiger partial charge in [-0.05, 0) is 50.8 Å². The van der Waals surface area contributed by atoms with Crippen molar-refractivity contribution in [3.63, 3.8) is 0 Å². The fourth-order valence-electron chi connectivity index (χ4n) is 5.32. The summed E-state index contributed by atoms with van der Waals surface area (Å²) >= 11 is 6.83. The third kappa shape index (κ3) is 2.93. The van der Waals surface area contributed by atoms with Crippen molar-refractivity contribution in [2.75, 3.05) is 13.7 Å². The number of Topliss-reactive ketones (excluding diaryl/α,β-unsaturated/α-hetero) is 1. The first-order valence-corrected chi connectivity index (χ1v) is 10.2. The van der Waals surface area contributed by atoms with Gasteiger partial charge >= 0.3 is 0 Å². The highest BCUT2D eigenvalue weighted by molar-refractivity contribution is 6.24. The maximum absolute atomic E-state index is 12.6. The first-order valence-electron chi connectivity index (χ1n) is 9.74. The van der Waals surface area contributed by atoms with Crippen molar-refractivity contribution in [1.29, 1.82) is 0 Å². The molecule has 3 aliphatic rings. The Labute approximate surface area is 166 Å². The van der Waals surface area contributed by atoms with Crippen LogP contribution in [0, 0.1) is 0 Å². The van der Waals surface area contributed by atoms with Crippen LogP contribution in [-0.2, 0) is 11.2 Å². The van der Waals surface area contributed by atoms with E-state index in [1.54, 1.807) is 7.11 Å². The Hall–Kier alpha value is -1.36. The molecular weight excluding hydrogens is 362 g/mol. The molecule has 27 heavy (non-hydrogen) atoms. The summed E-state index contributed by atoms with van der Waals surface area (Å²) < 4.78 is 5.25. The van der Waals surface area contributed by atoms with E-state index in [-0.39, 0.29) is 17.4 Å². The Morgan fingerprint density at radius 1 is 1.33 bits per heavy atom. The lowest BCUT2D eigenvalue weighted by molar-refractivity contribution is -0.163. The van der Waals surface area contributed by atoms with E-state index in [1.165, 1.54) is 11.1 Å². The minimum absolute atomic E-state index is 0.0695. The number of halogens is 1. The Morgan fingerprint density at radius 2 is 2.04 bits per heavy atom. The lowest BCUT2D eigenvalue weighted by atomic mass is 9.64. The molecule has 4 atom stereocenters. The SMILES string of the molecule is COc1ccc(C[C@H]2[C@H](Cl)[C@@]3(O)C[C@@]4(CCC3=O)CC(=C(C)C)CN24)cc1. The van der Waals surface area contributed by atoms with Gasteiger partial charge in [-0.2, -0.15) is 0 Å². The highest BCUT2D eigenvalue weighted by Crippen LogP contribution is 2.54. The highest BCUT2D eigenvalue weighted by atomic mass is 35.5. The molecule has 1 N–H and O–H groups in total. The summed E-state index contributed by atoms with van der Waals surface area (Å²) in [5, 5.41) is 10.7. The predicted octanol–water partition coefficient (Wildman–Crippen LogP) is 3.49. The van der Waals surface area contributed by atoms with Gasteiger partial charge in [0.1, 0.15) is 11.4 Å². The number of allylic oxidation sites excluding steroid dienone is 1. The van der Waals surface area contributed by atoms with E-state index in [2.05, 4.69) is 18.7 Å². The van der Waals surface area contributed by atoms with Crippen LogP contribution in [0.15, 0.2) is 35.4 Å². The average Bonchev–Trinajstić information content (AvgIpc) is 3.02. The van der Waals surface area contributed by atoms with Crippen LogP contribution in [0.1, 0.15) is 45.1 Å². The molecule has 0 amide bonds. The van der Waals surface area contributed by atoms with Gasteiger partial charge in [-0.3, -0.25) is 9.69 Å². The molecule has 1 aromatic rings. The van der Waals surface area contributed by atoms with Crippen LogP contribution < -0.4 is 4.74 Å². The monoisotopic (exact) mass is 389 g/mol. The zero-order valence-corrected chi connectivity index (χ0v) is 17.1. The summed E-state index contributed by atoms with van der Waals surface area (Å²) in [6.45, 7) is 5.19. The Morgan fingerprint density at radius 3 is 2.67 bits per heavy atom. The van der Waals surface area contributed by atoms with E-state index in [4.69, 9.17) is 16.3 Å². The van der Waals surface area contributed by atoms with Gasteiger partial charge in [0.2, 0.25) is 0 Å². The molecule has 3 fully saturated rings. The number of hydrogen-bond acceptors (Lipinski definition) is 4. The number of carbonyl (C=O) groups is 1. The van der Waals surface area contributed by atoms with Crippen LogP contribution in [-0.4, -0.2) is 52.0 Å². The number of hydrogen-bond donors (Lipinski definition) is 1. The summed E-state index contributed by atoms with van der Waals surface area (Å²) in [5.74, 6) is 0.734. The zero-order chi connectivity index (χ0) is 19.4. The quantitative estimate of drug-likeness (QED) is 0.635. The van der Waals surface area contributed by atoms with Crippen LogP contribution in [0.25, 0.3) is 0 Å². The largest absolute Gasteiger partial charge is 0.497 e. The van der Waals surface area contributed by atoms with Crippen LogP contribution in [0.5, 0.6) is 5.75 Å². The van der Waals surface area contributed by atoms with Crippen molar-refractivity contribution in [3.8, 4) is 5.75 Å². The van der Waals surface area contributed by atoms with E-state index < -0.39 is 11.0 Å². The molecule has 0 aromatic heterocycles. The van der Waals surface area contributed by atoms with E-state index >= 15 is 0 Å². The summed E-state index contributed by atoms with van der Waals surface area (Å²) in [7, 11) is 1.65. The first-order chi connectivity index (χ1) is 12.8. The molecule has 4 nitrogen and oxygen atoms in total. The summed E-state index contributed by atoms with van der Waals surface area (Å²) in [5.41, 5.74) is 2.36. The topological polar surface area (TPSA) is 49.8 Å². The van der Waals surface area contributed by atoms with Gasteiger partial charge in [0.25, 0.3) is 0 Å². The molecule has 2 heterocycles. The van der Waals surface area contributed by atoms with Crippen LogP contribution in [0.4, 0.5) is 0 Å². The fraction of sp³-hybridized carbons (Fsp3) is 0.591. The van der Waals surface area contributed by atoms with Gasteiger partial charge in [0, 0.05) is 31.0 Å². The molecule has 1 aliphatic carbocycles. The van der Waals surface area contributed by atoms with Crippen LogP contribution in [0.3, 0.4) is 0 Å². The second-order valence-corrected chi connectivity index (χ2v) is 9.15. The number of ketones is 1. The molecule has 4 rings (SSSR count). The van der Waals surface area contributed by atoms with E-state index in [0.717, 1.165) is 30.7 Å². The number of benzene rings is 1. The average molecular weight is 390 g/mol. The maximum Gasteiger partial charge on any atom is 0.166 e. The number of nitrogens with zero attached hydrogens (tertiary/aromatic N) is 1. The summed E-state index contributed by atoms with van der Waals surface area (Å²) in [6, 6.07) is 7.92. The molecule has 0 unspecified atom stereocenters. The standard InChI is InChI=1S/C22H28ClNO3/c1-14(2)16-11-21-9-8-19(25)22(26,13-21)20(23)18(24(21)12-16)10-15-4-6-17(27-3)7-5-15/h4-7,18,20,26H,8-13H2,1-3H3/t18-,20-,21+,22+/m0/s1. The number of carbonyl (C=O) groups excluding carboxylic acids is 1. The molecule has 0 radical (unpaired) electrons. The Bertz CT molecular complexity index is 785. The molecular formula is C22H28ClNO3. The second kappa shape index (κ2) is 6.61. The van der Waals surface area contributed by atoms with Crippen LogP contribution in [0.2, 0.25) is 0 Å². The highest BCUT2D eigenvalue weighted by Gasteiger charge is 2.64. The maximum atomic E-state index is 12.6. The number of piperidine rings is 1. The van der Waals surface area contributed by atoms with Crippen molar-refractivity contribution in [2.24, 2.45) is 0 Å². The molecule has 2 saturated heterocycles. The molecule has 2 aliphatic heterocycles. The lowest BCUT2D eigenvalue weighted by Crippen LogP contribution is -2.72. The van der Waals surface area contributed by atoms with Crippen molar-refractivity contribution in [1.82, 2.24) is 4.90 Å². The molecule has 1 aromatic carbocycles. The summed E-state index contributed by atoms with van der Waals surface area (Å²) in [6.07, 6.45) is 3.34. The third-order valence-corrected chi connectivity index (χ3v) is 7.57. The molecule has 1 saturated carbocycles. The van der Waals surface area contributed by atoms with E-state index in [9.17, 15) is 9.90 Å². The molecule has 146 valence electrons. The normalized spacial score (nSPS) is 35.9. The number of aliphatic hydroxyl groups is 1. The van der Waals surface area contributed by atoms with Crippen molar-refractivity contribution < 1.29 is 14.6 Å². The Kier molecular flexibility index (Phi) is 4.65. The van der Waals surface area contributed by atoms with Crippen molar-refractivity contribution in [3.05, 3.63) is 41.0 Å². The van der Waals surface area contributed by atoms with Gasteiger partial charge in [-0.15, -0.1) is 11.6 Å². The van der Waals surface area contributed by atoms with Gasteiger partial charge < -0.3 is 9.84 Å². The van der Waals surface area contributed by atoms with E-state index in [1.807, 2.05) is 24.3 Å². The van der Waals surface area contributed by atoms with Gasteiger partial charge in [0.15, 0.2) is 5.78 Å². The predicted molar refractivity (Wildman–Crippen MR) is 106 cm³/mol. The number of alkyl halides is 1. The smallest absolute Gasteiger partial charge is 0.166 e.